The first-order chi connectivity index (χ1) is 15.3. The summed E-state index contributed by atoms with van der Waals surface area (Å²) < 4.78 is 79.5. The normalized spacial score (nSPS) is 18.8. The number of halogens is 6. The summed E-state index contributed by atoms with van der Waals surface area (Å²) in [7, 11) is 0. The third-order valence-electron chi connectivity index (χ3n) is 6.65. The minimum absolute atomic E-state index is 0.231. The number of benzene rings is 2. The van der Waals surface area contributed by atoms with Crippen molar-refractivity contribution in [2.24, 2.45) is 5.41 Å². The van der Waals surface area contributed by atoms with Gasteiger partial charge in [-0.15, -0.1) is 0 Å². The Labute approximate surface area is 193 Å². The van der Waals surface area contributed by atoms with Gasteiger partial charge in [0.05, 0.1) is 0 Å². The molecule has 2 aliphatic heterocycles. The zero-order valence-corrected chi connectivity index (χ0v) is 19.1. The molecule has 33 heavy (non-hydrogen) atoms. The molecule has 2 heterocycles. The van der Waals surface area contributed by atoms with Gasteiger partial charge in [-0.3, -0.25) is 4.90 Å². The molecule has 0 atom stereocenters. The molecule has 2 nitrogen and oxygen atoms in total. The zero-order valence-electron chi connectivity index (χ0n) is 18.3. The molecule has 2 saturated heterocycles. The number of thioether (sulfide) groups is 1. The van der Waals surface area contributed by atoms with Crippen LogP contribution >= 0.6 is 11.8 Å². The van der Waals surface area contributed by atoms with Gasteiger partial charge in [0, 0.05) is 42.1 Å². The highest BCUT2D eigenvalue weighted by molar-refractivity contribution is 8.00. The number of nitrogens with zero attached hydrogens (tertiary/aromatic N) is 1. The number of alkyl halides is 6. The van der Waals surface area contributed by atoms with Crippen molar-refractivity contribution in [1.29, 1.82) is 0 Å². The number of aryl methyl sites for hydroxylation is 2. The molecule has 4 rings (SSSR count). The Morgan fingerprint density at radius 3 is 2.03 bits per heavy atom. The summed E-state index contributed by atoms with van der Waals surface area (Å²) in [5.74, 6) is 2.44. The molecule has 180 valence electrons. The Morgan fingerprint density at radius 1 is 0.939 bits per heavy atom. The lowest BCUT2D eigenvalue weighted by Gasteiger charge is -2.55. The average molecular weight is 490 g/mol. The predicted molar refractivity (Wildman–Crippen MR) is 117 cm³/mol. The van der Waals surface area contributed by atoms with Crippen molar-refractivity contribution in [3.05, 3.63) is 58.7 Å². The molecule has 2 fully saturated rings. The fourth-order valence-corrected chi connectivity index (χ4v) is 5.97. The first kappa shape index (κ1) is 24.4. The van der Waals surface area contributed by atoms with Crippen LogP contribution in [-0.2, 0) is 18.6 Å². The average Bonchev–Trinajstić information content (AvgIpc) is 2.66. The molecule has 1 N–H and O–H groups in total. The number of hydrogen-bond donors (Lipinski definition) is 1. The van der Waals surface area contributed by atoms with E-state index >= 15 is 0 Å². The van der Waals surface area contributed by atoms with Crippen LogP contribution in [-0.4, -0.2) is 47.0 Å². The van der Waals surface area contributed by atoms with Crippen LogP contribution in [0.15, 0.2) is 36.4 Å². The first-order valence-corrected chi connectivity index (χ1v) is 11.8. The van der Waals surface area contributed by atoms with Crippen molar-refractivity contribution in [3.8, 4) is 11.1 Å². The first-order valence-electron chi connectivity index (χ1n) is 10.7. The Hall–Kier alpha value is -1.71. The topological polar surface area (TPSA) is 23.5 Å². The van der Waals surface area contributed by atoms with E-state index in [9.17, 15) is 31.4 Å². The van der Waals surface area contributed by atoms with Crippen LogP contribution < -0.4 is 0 Å². The van der Waals surface area contributed by atoms with E-state index < -0.39 is 23.5 Å². The predicted octanol–water partition coefficient (Wildman–Crippen LogP) is 6.09. The maximum atomic E-state index is 13.2. The van der Waals surface area contributed by atoms with Gasteiger partial charge >= 0.3 is 12.4 Å². The molecule has 9 heteroatoms. The molecular formula is C24H25F6NOS. The summed E-state index contributed by atoms with van der Waals surface area (Å²) in [5, 5.41) is 9.69. The summed E-state index contributed by atoms with van der Waals surface area (Å²) in [5.41, 5.74) is -2.02. The van der Waals surface area contributed by atoms with Gasteiger partial charge in [0.2, 0.25) is 0 Å². The molecule has 0 aromatic heterocycles. The monoisotopic (exact) mass is 489 g/mol. The van der Waals surface area contributed by atoms with E-state index in [1.54, 1.807) is 0 Å². The highest BCUT2D eigenvalue weighted by Gasteiger charge is 2.71. The van der Waals surface area contributed by atoms with Crippen LogP contribution in [0.3, 0.4) is 0 Å². The van der Waals surface area contributed by atoms with Gasteiger partial charge in [-0.25, -0.2) is 0 Å². The molecule has 1 spiro atoms. The maximum absolute atomic E-state index is 13.2. The maximum Gasteiger partial charge on any atom is 0.430 e. The summed E-state index contributed by atoms with van der Waals surface area (Å²) in [6.07, 6.45) is -11.1. The van der Waals surface area contributed by atoms with Crippen LogP contribution in [0.1, 0.15) is 29.2 Å². The van der Waals surface area contributed by atoms with Crippen molar-refractivity contribution in [2.75, 3.05) is 24.6 Å². The van der Waals surface area contributed by atoms with Crippen molar-refractivity contribution in [3.63, 3.8) is 0 Å². The minimum atomic E-state index is -5.90. The summed E-state index contributed by atoms with van der Waals surface area (Å²) in [4.78, 5) is 2.39. The molecule has 0 unspecified atom stereocenters. The fraction of sp³-hybridized carbons (Fsp3) is 0.500. The highest BCUT2D eigenvalue weighted by Crippen LogP contribution is 2.50. The number of aliphatic hydroxyl groups is 1. The lowest BCUT2D eigenvalue weighted by atomic mass is 9.82. The Bertz CT molecular complexity index is 1020. The lowest BCUT2D eigenvalue weighted by molar-refractivity contribution is -0.376. The molecule has 0 radical (unpaired) electrons. The van der Waals surface area contributed by atoms with E-state index in [0.29, 0.717) is 23.5 Å². The summed E-state index contributed by atoms with van der Waals surface area (Å²) in [6.45, 7) is 6.41. The van der Waals surface area contributed by atoms with Crippen LogP contribution in [0.2, 0.25) is 0 Å². The Balaban J connectivity index is 1.61. The summed E-state index contributed by atoms with van der Waals surface area (Å²) >= 11 is 1.97. The molecule has 0 saturated carbocycles. The van der Waals surface area contributed by atoms with Crippen molar-refractivity contribution >= 4 is 11.8 Å². The van der Waals surface area contributed by atoms with Crippen LogP contribution in [0.5, 0.6) is 0 Å². The van der Waals surface area contributed by atoms with Crippen molar-refractivity contribution < 1.29 is 31.4 Å². The molecular weight excluding hydrogens is 464 g/mol. The molecule has 2 aromatic rings. The third-order valence-corrected chi connectivity index (χ3v) is 8.28. The largest absolute Gasteiger partial charge is 0.430 e. The van der Waals surface area contributed by atoms with Gasteiger partial charge in [-0.2, -0.15) is 38.1 Å². The minimum Gasteiger partial charge on any atom is -0.369 e. The van der Waals surface area contributed by atoms with Gasteiger partial charge in [0.15, 0.2) is 0 Å². The number of hydrogen-bond acceptors (Lipinski definition) is 3. The molecule has 0 aliphatic carbocycles. The van der Waals surface area contributed by atoms with E-state index in [0.717, 1.165) is 42.4 Å². The Morgan fingerprint density at radius 2 is 1.55 bits per heavy atom. The van der Waals surface area contributed by atoms with E-state index in [-0.39, 0.29) is 5.56 Å². The van der Waals surface area contributed by atoms with Gasteiger partial charge in [0.1, 0.15) is 0 Å². The number of rotatable bonds is 5. The lowest BCUT2D eigenvalue weighted by Crippen LogP contribution is -2.62. The van der Waals surface area contributed by atoms with Gasteiger partial charge in [-0.1, -0.05) is 43.3 Å². The number of likely N-dealkylation sites (tertiary alicyclic amines) is 1. The summed E-state index contributed by atoms with van der Waals surface area (Å²) in [6, 6.07) is 8.63. The van der Waals surface area contributed by atoms with Crippen molar-refractivity contribution in [2.45, 2.75) is 44.8 Å². The van der Waals surface area contributed by atoms with E-state index in [1.807, 2.05) is 30.8 Å². The molecule has 2 aromatic carbocycles. The van der Waals surface area contributed by atoms with E-state index in [4.69, 9.17) is 0 Å². The SMILES string of the molecule is CCc1cc(CN2CC3(CSC3)C2)ccc1-c1ccc(C(O)(C(F)(F)F)C(F)(F)F)cc1C. The smallest absolute Gasteiger partial charge is 0.369 e. The van der Waals surface area contributed by atoms with Crippen LogP contribution in [0.25, 0.3) is 11.1 Å². The van der Waals surface area contributed by atoms with Gasteiger partial charge in [-0.05, 0) is 41.2 Å². The van der Waals surface area contributed by atoms with Crippen LogP contribution in [0.4, 0.5) is 26.3 Å². The second kappa shape index (κ2) is 8.20. The second-order valence-electron chi connectivity index (χ2n) is 9.22. The standard InChI is InChI=1S/C24H25F6NOS/c1-3-17-9-16(10-31-11-21(12-31)13-33-14-21)4-6-20(17)19-7-5-18(8-15(19)2)22(32,23(25,26)27)24(28,29)30/h4-9,32H,3,10-14H2,1-2H3. The Kier molecular flexibility index (Phi) is 6.07. The second-order valence-corrected chi connectivity index (χ2v) is 10.2. The van der Waals surface area contributed by atoms with Crippen LogP contribution in [0, 0.1) is 12.3 Å². The third kappa shape index (κ3) is 4.17. The van der Waals surface area contributed by atoms with E-state index in [1.165, 1.54) is 24.5 Å². The van der Waals surface area contributed by atoms with Gasteiger partial charge < -0.3 is 5.11 Å². The zero-order chi connectivity index (χ0) is 24.2. The molecule has 0 bridgehead atoms. The molecule has 0 amide bonds. The molecule has 2 aliphatic rings. The van der Waals surface area contributed by atoms with Crippen molar-refractivity contribution in [1.82, 2.24) is 4.90 Å². The van der Waals surface area contributed by atoms with Gasteiger partial charge in [0.25, 0.3) is 5.60 Å². The quantitative estimate of drug-likeness (QED) is 0.515. The fourth-order valence-electron chi connectivity index (χ4n) is 4.83. The van der Waals surface area contributed by atoms with E-state index in [2.05, 4.69) is 11.0 Å². The highest BCUT2D eigenvalue weighted by atomic mass is 32.2.